The molecule has 2 atom stereocenters. The monoisotopic (exact) mass is 205 g/mol. The smallest absolute Gasteiger partial charge is 0.0950 e. The average molecular weight is 205 g/mol. The van der Waals surface area contributed by atoms with Crippen LogP contribution in [0, 0.1) is 5.92 Å². The van der Waals surface area contributed by atoms with Crippen molar-refractivity contribution in [2.75, 3.05) is 13.1 Å². The topological polar surface area (TPSA) is 29.9 Å². The minimum Gasteiger partial charge on any atom is -0.331 e. The zero-order valence-electron chi connectivity index (χ0n) is 9.32. The van der Waals surface area contributed by atoms with E-state index < -0.39 is 0 Å². The van der Waals surface area contributed by atoms with Gasteiger partial charge in [-0.3, -0.25) is 0 Å². The molecule has 2 aliphatic rings. The van der Waals surface area contributed by atoms with Crippen LogP contribution in [-0.4, -0.2) is 22.6 Å². The summed E-state index contributed by atoms with van der Waals surface area (Å²) in [6.45, 7) is 4.44. The van der Waals surface area contributed by atoms with Gasteiger partial charge in [0.1, 0.15) is 0 Å². The quantitative estimate of drug-likeness (QED) is 0.796. The van der Waals surface area contributed by atoms with Gasteiger partial charge in [-0.1, -0.05) is 6.92 Å². The fourth-order valence-corrected chi connectivity index (χ4v) is 2.43. The molecule has 15 heavy (non-hydrogen) atoms. The van der Waals surface area contributed by atoms with Crippen molar-refractivity contribution < 1.29 is 0 Å². The second-order valence-corrected chi connectivity index (χ2v) is 4.87. The predicted molar refractivity (Wildman–Crippen MR) is 59.9 cm³/mol. The van der Waals surface area contributed by atoms with Gasteiger partial charge in [0.2, 0.25) is 0 Å². The van der Waals surface area contributed by atoms with E-state index in [9.17, 15) is 0 Å². The van der Waals surface area contributed by atoms with Crippen LogP contribution in [0.5, 0.6) is 0 Å². The van der Waals surface area contributed by atoms with Crippen molar-refractivity contribution in [3.05, 3.63) is 18.2 Å². The van der Waals surface area contributed by atoms with Crippen LogP contribution in [0.2, 0.25) is 0 Å². The third kappa shape index (κ3) is 1.81. The zero-order valence-corrected chi connectivity index (χ0v) is 9.32. The van der Waals surface area contributed by atoms with E-state index in [0.717, 1.165) is 24.4 Å². The van der Waals surface area contributed by atoms with Crippen LogP contribution in [-0.2, 0) is 0 Å². The van der Waals surface area contributed by atoms with Gasteiger partial charge in [-0.05, 0) is 38.3 Å². The lowest BCUT2D eigenvalue weighted by atomic mass is 10.2. The fraction of sp³-hybridized carbons (Fsp3) is 0.750. The van der Waals surface area contributed by atoms with Crippen LogP contribution in [0.1, 0.15) is 43.8 Å². The number of aromatic nitrogens is 2. The summed E-state index contributed by atoms with van der Waals surface area (Å²) in [5.41, 5.74) is 1.49. The standard InChI is InChI=1S/C12H19N3/c1-2-13-6-9-5-11(9)12-7-14-8-15(12)10-3-4-10/h7-11,13H,2-6H2,1H3. The molecule has 0 aromatic carbocycles. The molecule has 3 heteroatoms. The van der Waals surface area contributed by atoms with E-state index in [1.54, 1.807) is 0 Å². The normalized spacial score (nSPS) is 29.4. The van der Waals surface area contributed by atoms with Crippen molar-refractivity contribution in [2.24, 2.45) is 5.92 Å². The molecule has 1 N–H and O–H groups in total. The van der Waals surface area contributed by atoms with Gasteiger partial charge in [0.05, 0.1) is 6.33 Å². The first kappa shape index (κ1) is 9.40. The molecular weight excluding hydrogens is 186 g/mol. The number of hydrogen-bond donors (Lipinski definition) is 1. The number of imidazole rings is 1. The Hall–Kier alpha value is -0.830. The number of rotatable bonds is 5. The van der Waals surface area contributed by atoms with Crippen molar-refractivity contribution in [1.82, 2.24) is 14.9 Å². The molecule has 1 aromatic heterocycles. The lowest BCUT2D eigenvalue weighted by Crippen LogP contribution is -2.16. The third-order valence-corrected chi connectivity index (χ3v) is 3.60. The van der Waals surface area contributed by atoms with Crippen LogP contribution in [0.3, 0.4) is 0 Å². The Morgan fingerprint density at radius 2 is 2.40 bits per heavy atom. The Balaban J connectivity index is 1.65. The molecule has 0 radical (unpaired) electrons. The van der Waals surface area contributed by atoms with Crippen LogP contribution >= 0.6 is 0 Å². The van der Waals surface area contributed by atoms with E-state index in [-0.39, 0.29) is 0 Å². The van der Waals surface area contributed by atoms with E-state index >= 15 is 0 Å². The molecule has 2 saturated carbocycles. The highest BCUT2D eigenvalue weighted by Gasteiger charge is 2.41. The highest BCUT2D eigenvalue weighted by Crippen LogP contribution is 2.49. The second kappa shape index (κ2) is 3.63. The maximum absolute atomic E-state index is 4.30. The Morgan fingerprint density at radius 1 is 1.53 bits per heavy atom. The van der Waals surface area contributed by atoms with Gasteiger partial charge in [-0.15, -0.1) is 0 Å². The third-order valence-electron chi connectivity index (χ3n) is 3.60. The van der Waals surface area contributed by atoms with Crippen molar-refractivity contribution >= 4 is 0 Å². The molecular formula is C12H19N3. The van der Waals surface area contributed by atoms with Gasteiger partial charge in [-0.2, -0.15) is 0 Å². The Bertz CT molecular complexity index is 340. The summed E-state index contributed by atoms with van der Waals surface area (Å²) in [5, 5.41) is 3.44. The van der Waals surface area contributed by atoms with Gasteiger partial charge in [0.25, 0.3) is 0 Å². The Morgan fingerprint density at radius 3 is 3.13 bits per heavy atom. The molecule has 0 amide bonds. The lowest BCUT2D eigenvalue weighted by molar-refractivity contribution is 0.627. The van der Waals surface area contributed by atoms with E-state index in [4.69, 9.17) is 0 Å². The highest BCUT2D eigenvalue weighted by molar-refractivity contribution is 5.18. The van der Waals surface area contributed by atoms with Gasteiger partial charge in [0.15, 0.2) is 0 Å². The van der Waals surface area contributed by atoms with Crippen LogP contribution in [0.15, 0.2) is 12.5 Å². The van der Waals surface area contributed by atoms with Crippen LogP contribution in [0.4, 0.5) is 0 Å². The molecule has 0 bridgehead atoms. The number of nitrogens with one attached hydrogen (secondary N) is 1. The Kier molecular flexibility index (Phi) is 2.28. The van der Waals surface area contributed by atoms with Crippen molar-refractivity contribution in [3.8, 4) is 0 Å². The molecule has 3 rings (SSSR count). The SMILES string of the molecule is CCNCC1CC1c1cncn1C1CC1. The van der Waals surface area contributed by atoms with E-state index in [0.29, 0.717) is 0 Å². The summed E-state index contributed by atoms with van der Waals surface area (Å²) in [4.78, 5) is 4.30. The van der Waals surface area contributed by atoms with Gasteiger partial charge in [0, 0.05) is 23.9 Å². The molecule has 0 aliphatic heterocycles. The largest absolute Gasteiger partial charge is 0.331 e. The van der Waals surface area contributed by atoms with E-state index in [2.05, 4.69) is 28.0 Å². The van der Waals surface area contributed by atoms with Crippen molar-refractivity contribution in [3.63, 3.8) is 0 Å². The zero-order chi connectivity index (χ0) is 10.3. The second-order valence-electron chi connectivity index (χ2n) is 4.87. The molecule has 1 heterocycles. The highest BCUT2D eigenvalue weighted by atomic mass is 15.1. The summed E-state index contributed by atoms with van der Waals surface area (Å²) >= 11 is 0. The fourth-order valence-electron chi connectivity index (χ4n) is 2.43. The first-order valence-electron chi connectivity index (χ1n) is 6.12. The van der Waals surface area contributed by atoms with Crippen molar-refractivity contribution in [2.45, 2.75) is 38.1 Å². The minimum atomic E-state index is 0.780. The molecule has 2 fully saturated rings. The van der Waals surface area contributed by atoms with Crippen LogP contribution < -0.4 is 5.32 Å². The Labute approximate surface area is 90.9 Å². The predicted octanol–water partition coefficient (Wildman–Crippen LogP) is 1.93. The average Bonchev–Trinajstić information content (AvgIpc) is 3.17. The number of nitrogens with zero attached hydrogens (tertiary/aromatic N) is 2. The van der Waals surface area contributed by atoms with E-state index in [1.165, 1.54) is 31.5 Å². The molecule has 3 nitrogen and oxygen atoms in total. The molecule has 82 valence electrons. The summed E-state index contributed by atoms with van der Waals surface area (Å²) in [5.74, 6) is 1.64. The van der Waals surface area contributed by atoms with Gasteiger partial charge < -0.3 is 9.88 Å². The summed E-state index contributed by atoms with van der Waals surface area (Å²) < 4.78 is 2.41. The summed E-state index contributed by atoms with van der Waals surface area (Å²) in [6, 6.07) is 0.780. The molecule has 2 unspecified atom stereocenters. The van der Waals surface area contributed by atoms with E-state index in [1.807, 2.05) is 6.33 Å². The van der Waals surface area contributed by atoms with Gasteiger partial charge in [-0.25, -0.2) is 4.98 Å². The first-order valence-corrected chi connectivity index (χ1v) is 6.12. The minimum absolute atomic E-state index is 0.780. The summed E-state index contributed by atoms with van der Waals surface area (Å²) in [6.07, 6.45) is 8.16. The molecule has 2 aliphatic carbocycles. The van der Waals surface area contributed by atoms with Crippen LogP contribution in [0.25, 0.3) is 0 Å². The van der Waals surface area contributed by atoms with Crippen molar-refractivity contribution in [1.29, 1.82) is 0 Å². The van der Waals surface area contributed by atoms with Gasteiger partial charge >= 0.3 is 0 Å². The maximum Gasteiger partial charge on any atom is 0.0950 e. The lowest BCUT2D eigenvalue weighted by Gasteiger charge is -2.05. The maximum atomic E-state index is 4.30. The first-order chi connectivity index (χ1) is 7.40. The molecule has 0 spiro atoms. The summed E-state index contributed by atoms with van der Waals surface area (Å²) in [7, 11) is 0. The number of hydrogen-bond acceptors (Lipinski definition) is 2. The molecule has 1 aromatic rings. The molecule has 0 saturated heterocycles.